The molecule has 30 heavy (non-hydrogen) atoms. The topological polar surface area (TPSA) is 53.4 Å². The van der Waals surface area contributed by atoms with Gasteiger partial charge in [0, 0.05) is 45.6 Å². The summed E-state index contributed by atoms with van der Waals surface area (Å²) < 4.78 is 2.08. The molecule has 6 nitrogen and oxygen atoms in total. The van der Waals surface area contributed by atoms with E-state index in [0.29, 0.717) is 12.5 Å². The zero-order valence-electron chi connectivity index (χ0n) is 18.4. The fraction of sp³-hybridized carbons (Fsp3) is 0.583. The predicted molar refractivity (Wildman–Crippen MR) is 119 cm³/mol. The summed E-state index contributed by atoms with van der Waals surface area (Å²) in [5.41, 5.74) is 2.40. The average molecular weight is 410 g/mol. The first-order chi connectivity index (χ1) is 14.6. The molecule has 0 bridgehead atoms. The number of benzene rings is 1. The SMILES string of the molecule is Cc1ccc(CNC(=O)[C@@H]2C[C@H](CN3CCCC3)CN(Cc3nccn3C)C2)cc1. The van der Waals surface area contributed by atoms with E-state index < -0.39 is 0 Å². The fourth-order valence-corrected chi connectivity index (χ4v) is 4.87. The minimum atomic E-state index is 0.0390. The zero-order chi connectivity index (χ0) is 20.9. The Morgan fingerprint density at radius 2 is 1.90 bits per heavy atom. The minimum absolute atomic E-state index is 0.0390. The molecule has 0 spiro atoms. The largest absolute Gasteiger partial charge is 0.352 e. The monoisotopic (exact) mass is 409 g/mol. The molecule has 0 unspecified atom stereocenters. The number of aryl methyl sites for hydroxylation is 2. The Hall–Kier alpha value is -2.18. The molecule has 2 saturated heterocycles. The number of carbonyl (C=O) groups excluding carboxylic acids is 1. The molecular formula is C24H35N5O. The van der Waals surface area contributed by atoms with Crippen molar-refractivity contribution in [1.82, 2.24) is 24.7 Å². The average Bonchev–Trinajstić information content (AvgIpc) is 3.39. The molecule has 4 rings (SSSR count). The van der Waals surface area contributed by atoms with E-state index in [1.165, 1.54) is 31.5 Å². The first-order valence-corrected chi connectivity index (χ1v) is 11.3. The molecule has 1 aromatic heterocycles. The third-order valence-corrected chi connectivity index (χ3v) is 6.57. The Bertz CT molecular complexity index is 824. The van der Waals surface area contributed by atoms with Gasteiger partial charge in [-0.25, -0.2) is 4.98 Å². The standard InChI is InChI=1S/C24H35N5O/c1-19-5-7-20(8-6-19)14-26-24(30)22-13-21(15-28-10-3-4-11-28)16-29(17-22)18-23-25-9-12-27(23)2/h5-9,12,21-22H,3-4,10-11,13-18H2,1-2H3,(H,26,30)/t21-,22-/m1/s1. The lowest BCUT2D eigenvalue weighted by molar-refractivity contribution is -0.128. The maximum atomic E-state index is 13.1. The summed E-state index contributed by atoms with van der Waals surface area (Å²) in [6.45, 7) is 8.88. The smallest absolute Gasteiger partial charge is 0.224 e. The van der Waals surface area contributed by atoms with Gasteiger partial charge in [-0.1, -0.05) is 29.8 Å². The molecule has 6 heteroatoms. The Morgan fingerprint density at radius 3 is 2.60 bits per heavy atom. The van der Waals surface area contributed by atoms with Crippen molar-refractivity contribution in [3.05, 3.63) is 53.6 Å². The van der Waals surface area contributed by atoms with E-state index in [0.717, 1.165) is 44.0 Å². The van der Waals surface area contributed by atoms with Crippen LogP contribution in [0.2, 0.25) is 0 Å². The third kappa shape index (κ3) is 5.49. The van der Waals surface area contributed by atoms with Gasteiger partial charge in [-0.15, -0.1) is 0 Å². The molecule has 2 atom stereocenters. The molecule has 0 aliphatic carbocycles. The van der Waals surface area contributed by atoms with Crippen LogP contribution in [-0.2, 0) is 24.9 Å². The Balaban J connectivity index is 1.39. The number of likely N-dealkylation sites (tertiary alicyclic amines) is 2. The molecular weight excluding hydrogens is 374 g/mol. The number of nitrogens with one attached hydrogen (secondary N) is 1. The second kappa shape index (κ2) is 9.75. The lowest BCUT2D eigenvalue weighted by atomic mass is 9.88. The van der Waals surface area contributed by atoms with Gasteiger partial charge in [-0.05, 0) is 50.8 Å². The van der Waals surface area contributed by atoms with E-state index in [2.05, 4.69) is 55.9 Å². The normalized spacial score (nSPS) is 23.0. The van der Waals surface area contributed by atoms with Crippen LogP contribution in [0.3, 0.4) is 0 Å². The highest BCUT2D eigenvalue weighted by molar-refractivity contribution is 5.79. The van der Waals surface area contributed by atoms with Gasteiger partial charge in [0.2, 0.25) is 5.91 Å². The maximum absolute atomic E-state index is 13.1. The van der Waals surface area contributed by atoms with Gasteiger partial charge in [0.15, 0.2) is 0 Å². The van der Waals surface area contributed by atoms with E-state index in [1.807, 2.05) is 19.4 Å². The van der Waals surface area contributed by atoms with Crippen molar-refractivity contribution in [2.45, 2.75) is 39.3 Å². The number of hydrogen-bond donors (Lipinski definition) is 1. The van der Waals surface area contributed by atoms with E-state index in [1.54, 1.807) is 0 Å². The van der Waals surface area contributed by atoms with Crippen molar-refractivity contribution >= 4 is 5.91 Å². The molecule has 2 aliphatic heterocycles. The van der Waals surface area contributed by atoms with Crippen molar-refractivity contribution in [2.75, 3.05) is 32.7 Å². The Morgan fingerprint density at radius 1 is 1.13 bits per heavy atom. The molecule has 2 aliphatic rings. The number of imidazole rings is 1. The van der Waals surface area contributed by atoms with Gasteiger partial charge < -0.3 is 14.8 Å². The fourth-order valence-electron chi connectivity index (χ4n) is 4.87. The summed E-state index contributed by atoms with van der Waals surface area (Å²) in [5, 5.41) is 3.19. The van der Waals surface area contributed by atoms with E-state index in [9.17, 15) is 4.79 Å². The highest BCUT2D eigenvalue weighted by Crippen LogP contribution is 2.25. The molecule has 1 N–H and O–H groups in total. The number of nitrogens with zero attached hydrogens (tertiary/aromatic N) is 4. The lowest BCUT2D eigenvalue weighted by Crippen LogP contribution is -2.48. The van der Waals surface area contributed by atoms with E-state index >= 15 is 0 Å². The van der Waals surface area contributed by atoms with Crippen molar-refractivity contribution in [3.63, 3.8) is 0 Å². The van der Waals surface area contributed by atoms with Crippen LogP contribution < -0.4 is 5.32 Å². The first kappa shape index (κ1) is 21.1. The summed E-state index contributed by atoms with van der Waals surface area (Å²) in [6.07, 6.45) is 7.45. The van der Waals surface area contributed by atoms with Crippen LogP contribution in [-0.4, -0.2) is 58.0 Å². The summed E-state index contributed by atoms with van der Waals surface area (Å²) in [7, 11) is 2.04. The van der Waals surface area contributed by atoms with Crippen LogP contribution in [0, 0.1) is 18.8 Å². The van der Waals surface area contributed by atoms with Crippen LogP contribution in [0.1, 0.15) is 36.2 Å². The van der Waals surface area contributed by atoms with Crippen LogP contribution in [0.5, 0.6) is 0 Å². The number of rotatable bonds is 7. The summed E-state index contributed by atoms with van der Waals surface area (Å²) in [5.74, 6) is 1.83. The number of amides is 1. The molecule has 162 valence electrons. The first-order valence-electron chi connectivity index (χ1n) is 11.3. The summed E-state index contributed by atoms with van der Waals surface area (Å²) in [6, 6.07) is 8.39. The van der Waals surface area contributed by atoms with Gasteiger partial charge >= 0.3 is 0 Å². The summed E-state index contributed by atoms with van der Waals surface area (Å²) in [4.78, 5) is 22.6. The second-order valence-electron chi connectivity index (χ2n) is 9.16. The van der Waals surface area contributed by atoms with Crippen LogP contribution >= 0.6 is 0 Å². The number of hydrogen-bond acceptors (Lipinski definition) is 4. The van der Waals surface area contributed by atoms with E-state index in [-0.39, 0.29) is 11.8 Å². The third-order valence-electron chi connectivity index (χ3n) is 6.57. The van der Waals surface area contributed by atoms with Crippen LogP contribution in [0.4, 0.5) is 0 Å². The van der Waals surface area contributed by atoms with Crippen molar-refractivity contribution in [1.29, 1.82) is 0 Å². The van der Waals surface area contributed by atoms with Gasteiger partial charge in [0.25, 0.3) is 0 Å². The molecule has 0 saturated carbocycles. The van der Waals surface area contributed by atoms with Gasteiger partial charge in [0.05, 0.1) is 12.5 Å². The molecule has 1 amide bonds. The van der Waals surface area contributed by atoms with Crippen molar-refractivity contribution < 1.29 is 4.79 Å². The van der Waals surface area contributed by atoms with Crippen molar-refractivity contribution in [2.24, 2.45) is 18.9 Å². The number of aromatic nitrogens is 2. The minimum Gasteiger partial charge on any atom is -0.352 e. The van der Waals surface area contributed by atoms with Crippen LogP contribution in [0.15, 0.2) is 36.7 Å². The Kier molecular flexibility index (Phi) is 6.85. The highest BCUT2D eigenvalue weighted by atomic mass is 16.1. The van der Waals surface area contributed by atoms with Gasteiger partial charge in [-0.3, -0.25) is 9.69 Å². The van der Waals surface area contributed by atoms with Gasteiger partial charge in [0.1, 0.15) is 5.82 Å². The molecule has 2 aromatic rings. The highest BCUT2D eigenvalue weighted by Gasteiger charge is 2.33. The van der Waals surface area contributed by atoms with Crippen molar-refractivity contribution in [3.8, 4) is 0 Å². The quantitative estimate of drug-likeness (QED) is 0.764. The molecule has 3 heterocycles. The number of carbonyl (C=O) groups is 1. The molecule has 2 fully saturated rings. The molecule has 0 radical (unpaired) electrons. The molecule has 1 aromatic carbocycles. The Labute approximate surface area is 180 Å². The van der Waals surface area contributed by atoms with Crippen LogP contribution in [0.25, 0.3) is 0 Å². The van der Waals surface area contributed by atoms with E-state index in [4.69, 9.17) is 0 Å². The summed E-state index contributed by atoms with van der Waals surface area (Å²) >= 11 is 0. The second-order valence-corrected chi connectivity index (χ2v) is 9.16. The maximum Gasteiger partial charge on any atom is 0.224 e. The van der Waals surface area contributed by atoms with Gasteiger partial charge in [-0.2, -0.15) is 0 Å². The predicted octanol–water partition coefficient (Wildman–Crippen LogP) is 2.58. The zero-order valence-corrected chi connectivity index (χ0v) is 18.4. The number of piperidine rings is 1. The lowest BCUT2D eigenvalue weighted by Gasteiger charge is -2.38.